The summed E-state index contributed by atoms with van der Waals surface area (Å²) in [5, 5.41) is 2.81. The van der Waals surface area contributed by atoms with Crippen LogP contribution in [0.4, 0.5) is 4.79 Å². The molecule has 1 heterocycles. The molecular formula is C14H16N2O5. The Hall–Kier alpha value is -2.41. The topological polar surface area (TPSA) is 84.9 Å². The van der Waals surface area contributed by atoms with E-state index in [1.54, 1.807) is 24.3 Å². The molecule has 0 spiro atoms. The van der Waals surface area contributed by atoms with Gasteiger partial charge in [0.2, 0.25) is 5.91 Å². The Kier molecular flexibility index (Phi) is 4.89. The zero-order valence-corrected chi connectivity index (χ0v) is 11.6. The lowest BCUT2D eigenvalue weighted by molar-refractivity contribution is -0.143. The number of nitrogens with zero attached hydrogens (tertiary/aromatic N) is 1. The number of benzene rings is 1. The molecule has 0 aliphatic carbocycles. The molecule has 0 bridgehead atoms. The largest absolute Gasteiger partial charge is 0.468 e. The molecular weight excluding hydrogens is 276 g/mol. The van der Waals surface area contributed by atoms with Crippen LogP contribution in [-0.2, 0) is 19.1 Å². The molecule has 1 saturated heterocycles. The molecule has 1 aromatic carbocycles. The smallest absolute Gasteiger partial charge is 0.416 e. The van der Waals surface area contributed by atoms with Crippen molar-refractivity contribution in [2.45, 2.75) is 6.04 Å². The maximum absolute atomic E-state index is 11.9. The molecule has 1 unspecified atom stereocenters. The van der Waals surface area contributed by atoms with Gasteiger partial charge in [-0.25, -0.2) is 14.5 Å². The summed E-state index contributed by atoms with van der Waals surface area (Å²) in [5.74, 6) is -0.944. The number of carbonyl (C=O) groups is 3. The number of hydrogen-bond acceptors (Lipinski definition) is 6. The molecule has 1 aliphatic rings. The standard InChI is InChI=1S/C14H16N2O5/c1-20-13(18)12(10-5-3-2-4-6-10)15-9-11(17)16-7-8-21-14(16)19/h2-6,12,15H,7-9H2,1H3. The first-order valence-corrected chi connectivity index (χ1v) is 6.46. The van der Waals surface area contributed by atoms with E-state index in [-0.39, 0.29) is 19.7 Å². The Morgan fingerprint density at radius 3 is 2.67 bits per heavy atom. The second-order valence-electron chi connectivity index (χ2n) is 4.41. The molecule has 2 rings (SSSR count). The first-order valence-electron chi connectivity index (χ1n) is 6.46. The highest BCUT2D eigenvalue weighted by Crippen LogP contribution is 2.14. The normalized spacial score (nSPS) is 15.5. The van der Waals surface area contributed by atoms with Crippen LogP contribution in [-0.4, -0.2) is 49.7 Å². The second-order valence-corrected chi connectivity index (χ2v) is 4.41. The van der Waals surface area contributed by atoms with Crippen LogP contribution in [0.3, 0.4) is 0 Å². The van der Waals surface area contributed by atoms with Crippen molar-refractivity contribution in [3.8, 4) is 0 Å². The number of amides is 2. The lowest BCUT2D eigenvalue weighted by atomic mass is 10.1. The van der Waals surface area contributed by atoms with Crippen LogP contribution in [0.5, 0.6) is 0 Å². The average molecular weight is 292 g/mol. The quantitative estimate of drug-likeness (QED) is 0.794. The number of ether oxygens (including phenoxy) is 2. The third kappa shape index (κ3) is 3.57. The zero-order chi connectivity index (χ0) is 15.2. The van der Waals surface area contributed by atoms with E-state index < -0.39 is 24.0 Å². The highest BCUT2D eigenvalue weighted by atomic mass is 16.6. The van der Waals surface area contributed by atoms with Gasteiger partial charge in [-0.2, -0.15) is 0 Å². The summed E-state index contributed by atoms with van der Waals surface area (Å²) in [5.41, 5.74) is 0.682. The molecule has 112 valence electrons. The van der Waals surface area contributed by atoms with Crippen molar-refractivity contribution >= 4 is 18.0 Å². The number of methoxy groups -OCH3 is 1. The molecule has 0 radical (unpaired) electrons. The number of esters is 1. The molecule has 7 nitrogen and oxygen atoms in total. The summed E-state index contributed by atoms with van der Waals surface area (Å²) in [6.45, 7) is 0.265. The van der Waals surface area contributed by atoms with Crippen LogP contribution < -0.4 is 5.32 Å². The molecule has 0 aromatic heterocycles. The molecule has 1 aliphatic heterocycles. The van der Waals surface area contributed by atoms with Gasteiger partial charge in [0.25, 0.3) is 0 Å². The van der Waals surface area contributed by atoms with Gasteiger partial charge in [-0.1, -0.05) is 30.3 Å². The van der Waals surface area contributed by atoms with E-state index >= 15 is 0 Å². The van der Waals surface area contributed by atoms with Gasteiger partial charge in [0, 0.05) is 0 Å². The minimum Gasteiger partial charge on any atom is -0.468 e. The lowest BCUT2D eigenvalue weighted by Crippen LogP contribution is -2.41. The minimum atomic E-state index is -0.765. The molecule has 7 heteroatoms. The maximum Gasteiger partial charge on any atom is 0.416 e. The highest BCUT2D eigenvalue weighted by Gasteiger charge is 2.29. The zero-order valence-electron chi connectivity index (χ0n) is 11.6. The van der Waals surface area contributed by atoms with Crippen LogP contribution in [0.25, 0.3) is 0 Å². The predicted molar refractivity (Wildman–Crippen MR) is 72.3 cm³/mol. The van der Waals surface area contributed by atoms with E-state index in [1.807, 2.05) is 6.07 Å². The molecule has 21 heavy (non-hydrogen) atoms. The van der Waals surface area contributed by atoms with Crippen molar-refractivity contribution in [2.75, 3.05) is 26.8 Å². The fourth-order valence-electron chi connectivity index (χ4n) is 2.01. The van der Waals surface area contributed by atoms with E-state index in [4.69, 9.17) is 9.47 Å². The van der Waals surface area contributed by atoms with Crippen LogP contribution in [0.2, 0.25) is 0 Å². The van der Waals surface area contributed by atoms with E-state index in [0.717, 1.165) is 4.90 Å². The second kappa shape index (κ2) is 6.85. The minimum absolute atomic E-state index is 0.163. The highest BCUT2D eigenvalue weighted by molar-refractivity contribution is 5.94. The summed E-state index contributed by atoms with van der Waals surface area (Å²) >= 11 is 0. The van der Waals surface area contributed by atoms with Crippen molar-refractivity contribution in [3.63, 3.8) is 0 Å². The van der Waals surface area contributed by atoms with Crippen LogP contribution in [0, 0.1) is 0 Å². The van der Waals surface area contributed by atoms with Gasteiger partial charge < -0.3 is 9.47 Å². The third-order valence-corrected chi connectivity index (χ3v) is 3.09. The summed E-state index contributed by atoms with van der Waals surface area (Å²) in [6.07, 6.45) is -0.656. The number of rotatable bonds is 5. The Balaban J connectivity index is 2.01. The Bertz CT molecular complexity index is 531. The van der Waals surface area contributed by atoms with Crippen molar-refractivity contribution in [2.24, 2.45) is 0 Å². The third-order valence-electron chi connectivity index (χ3n) is 3.09. The van der Waals surface area contributed by atoms with Gasteiger partial charge in [-0.15, -0.1) is 0 Å². The number of nitrogens with one attached hydrogen (secondary N) is 1. The molecule has 2 amide bonds. The predicted octanol–water partition coefficient (Wildman–Crippen LogP) is 0.469. The van der Waals surface area contributed by atoms with Gasteiger partial charge in [0.05, 0.1) is 20.2 Å². The molecule has 1 fully saturated rings. The first kappa shape index (κ1) is 15.0. The van der Waals surface area contributed by atoms with Crippen molar-refractivity contribution in [1.29, 1.82) is 0 Å². The van der Waals surface area contributed by atoms with Gasteiger partial charge >= 0.3 is 12.1 Å². The van der Waals surface area contributed by atoms with Crippen LogP contribution >= 0.6 is 0 Å². The summed E-state index contributed by atoms with van der Waals surface area (Å²) < 4.78 is 9.42. The number of imide groups is 1. The summed E-state index contributed by atoms with van der Waals surface area (Å²) in [7, 11) is 1.28. The first-order chi connectivity index (χ1) is 10.1. The van der Waals surface area contributed by atoms with Gasteiger partial charge in [-0.3, -0.25) is 10.1 Å². The summed E-state index contributed by atoms with van der Waals surface area (Å²) in [4.78, 5) is 36.0. The van der Waals surface area contributed by atoms with Gasteiger partial charge in [-0.05, 0) is 5.56 Å². The van der Waals surface area contributed by atoms with Crippen molar-refractivity contribution in [1.82, 2.24) is 10.2 Å². The maximum atomic E-state index is 11.9. The van der Waals surface area contributed by atoms with E-state index in [2.05, 4.69) is 5.32 Å². The van der Waals surface area contributed by atoms with Gasteiger partial charge in [0.1, 0.15) is 12.6 Å². The van der Waals surface area contributed by atoms with Crippen molar-refractivity contribution in [3.05, 3.63) is 35.9 Å². The fourth-order valence-corrected chi connectivity index (χ4v) is 2.01. The fraction of sp³-hybridized carbons (Fsp3) is 0.357. The molecule has 0 saturated carbocycles. The van der Waals surface area contributed by atoms with E-state index in [1.165, 1.54) is 7.11 Å². The SMILES string of the molecule is COC(=O)C(NCC(=O)N1CCOC1=O)c1ccccc1. The van der Waals surface area contributed by atoms with E-state index in [0.29, 0.717) is 5.56 Å². The van der Waals surface area contributed by atoms with E-state index in [9.17, 15) is 14.4 Å². The number of hydrogen-bond donors (Lipinski definition) is 1. The number of cyclic esters (lactones) is 1. The average Bonchev–Trinajstić information content (AvgIpc) is 2.94. The Morgan fingerprint density at radius 1 is 1.38 bits per heavy atom. The van der Waals surface area contributed by atoms with Crippen LogP contribution in [0.15, 0.2) is 30.3 Å². The Morgan fingerprint density at radius 2 is 2.10 bits per heavy atom. The number of carbonyl (C=O) groups excluding carboxylic acids is 3. The molecule has 1 atom stereocenters. The van der Waals surface area contributed by atoms with Gasteiger partial charge in [0.15, 0.2) is 0 Å². The Labute approximate surface area is 121 Å². The molecule has 1 aromatic rings. The molecule has 1 N–H and O–H groups in total. The van der Waals surface area contributed by atoms with Crippen molar-refractivity contribution < 1.29 is 23.9 Å². The summed E-state index contributed by atoms with van der Waals surface area (Å²) in [6, 6.07) is 8.13. The lowest BCUT2D eigenvalue weighted by Gasteiger charge is -2.18. The monoisotopic (exact) mass is 292 g/mol. The van der Waals surface area contributed by atoms with Crippen LogP contribution in [0.1, 0.15) is 11.6 Å².